The molecule has 0 bridgehead atoms. The second kappa shape index (κ2) is 6.42. The molecule has 82 valence electrons. The quantitative estimate of drug-likeness (QED) is 0.823. The molecule has 1 aromatic carbocycles. The summed E-state index contributed by atoms with van der Waals surface area (Å²) in [7, 11) is 0. The Morgan fingerprint density at radius 1 is 1.53 bits per heavy atom. The maximum absolute atomic E-state index is 11.2. The number of nitrogens with two attached hydrogens (primary N) is 1. The summed E-state index contributed by atoms with van der Waals surface area (Å²) >= 11 is 3.29. The van der Waals surface area contributed by atoms with Gasteiger partial charge in [-0.2, -0.15) is 0 Å². The lowest BCUT2D eigenvalue weighted by Crippen LogP contribution is -2.28. The molecule has 3 N–H and O–H groups in total. The standard InChI is InChI=1S/C10H13BrN2O2/c11-8-3-1-4-9(7-8)15-10(14)13-6-2-5-12/h1,3-4,7H,2,5-6,12H2,(H,13,14). The third-order valence-corrected chi connectivity index (χ3v) is 2.15. The fourth-order valence-corrected chi connectivity index (χ4v) is 1.34. The van der Waals surface area contributed by atoms with E-state index in [1.807, 2.05) is 6.07 Å². The van der Waals surface area contributed by atoms with Gasteiger partial charge in [-0.05, 0) is 31.2 Å². The topological polar surface area (TPSA) is 64.3 Å². The summed E-state index contributed by atoms with van der Waals surface area (Å²) in [6, 6.07) is 7.10. The number of benzene rings is 1. The number of hydrogen-bond donors (Lipinski definition) is 2. The van der Waals surface area contributed by atoms with Gasteiger partial charge in [-0.25, -0.2) is 4.79 Å². The molecule has 1 amide bonds. The molecule has 0 radical (unpaired) electrons. The minimum atomic E-state index is -0.457. The summed E-state index contributed by atoms with van der Waals surface area (Å²) in [5.41, 5.74) is 5.29. The third-order valence-electron chi connectivity index (χ3n) is 1.66. The summed E-state index contributed by atoms with van der Waals surface area (Å²) in [4.78, 5) is 11.2. The Kier molecular flexibility index (Phi) is 5.14. The highest BCUT2D eigenvalue weighted by Crippen LogP contribution is 2.17. The van der Waals surface area contributed by atoms with Crippen molar-refractivity contribution in [1.29, 1.82) is 0 Å². The Morgan fingerprint density at radius 3 is 3.00 bits per heavy atom. The lowest BCUT2D eigenvalue weighted by Gasteiger charge is -2.05. The first-order valence-corrected chi connectivity index (χ1v) is 5.43. The molecule has 0 aliphatic carbocycles. The summed E-state index contributed by atoms with van der Waals surface area (Å²) < 4.78 is 5.89. The van der Waals surface area contributed by atoms with E-state index in [1.54, 1.807) is 18.2 Å². The zero-order chi connectivity index (χ0) is 11.1. The van der Waals surface area contributed by atoms with Gasteiger partial charge >= 0.3 is 6.09 Å². The molecule has 4 nitrogen and oxygen atoms in total. The molecule has 0 heterocycles. The van der Waals surface area contributed by atoms with Crippen LogP contribution in [0.15, 0.2) is 28.7 Å². The molecule has 0 fully saturated rings. The van der Waals surface area contributed by atoms with E-state index in [-0.39, 0.29) is 0 Å². The van der Waals surface area contributed by atoms with Gasteiger partial charge in [-0.15, -0.1) is 0 Å². The van der Waals surface area contributed by atoms with E-state index in [0.29, 0.717) is 18.8 Å². The van der Waals surface area contributed by atoms with E-state index in [4.69, 9.17) is 10.5 Å². The van der Waals surface area contributed by atoms with Gasteiger partial charge in [0, 0.05) is 11.0 Å². The maximum Gasteiger partial charge on any atom is 0.412 e. The molecule has 5 heteroatoms. The van der Waals surface area contributed by atoms with Crippen LogP contribution >= 0.6 is 15.9 Å². The highest BCUT2D eigenvalue weighted by Gasteiger charge is 2.02. The van der Waals surface area contributed by atoms with Crippen molar-refractivity contribution in [1.82, 2.24) is 5.32 Å². The second-order valence-corrected chi connectivity index (χ2v) is 3.83. The molecule has 0 unspecified atom stereocenters. The Hall–Kier alpha value is -1.07. The molecular formula is C10H13BrN2O2. The first-order valence-electron chi connectivity index (χ1n) is 4.63. The number of rotatable bonds is 4. The molecule has 0 atom stereocenters. The van der Waals surface area contributed by atoms with Gasteiger partial charge in [0.1, 0.15) is 5.75 Å². The summed E-state index contributed by atoms with van der Waals surface area (Å²) in [5.74, 6) is 0.509. The van der Waals surface area contributed by atoms with Crippen molar-refractivity contribution in [3.05, 3.63) is 28.7 Å². The van der Waals surface area contributed by atoms with Crippen molar-refractivity contribution in [3.8, 4) is 5.75 Å². The zero-order valence-corrected chi connectivity index (χ0v) is 9.79. The van der Waals surface area contributed by atoms with Gasteiger partial charge in [-0.3, -0.25) is 0 Å². The monoisotopic (exact) mass is 272 g/mol. The van der Waals surface area contributed by atoms with Gasteiger partial charge in [0.05, 0.1) is 0 Å². The largest absolute Gasteiger partial charge is 0.412 e. The van der Waals surface area contributed by atoms with Gasteiger partial charge in [0.15, 0.2) is 0 Å². The van der Waals surface area contributed by atoms with E-state index in [0.717, 1.165) is 10.9 Å². The molecule has 0 aromatic heterocycles. The van der Waals surface area contributed by atoms with Crippen LogP contribution in [-0.2, 0) is 0 Å². The Labute approximate surface area is 96.9 Å². The Morgan fingerprint density at radius 2 is 2.33 bits per heavy atom. The van der Waals surface area contributed by atoms with Crippen LogP contribution in [0.25, 0.3) is 0 Å². The number of nitrogens with one attached hydrogen (secondary N) is 1. The lowest BCUT2D eigenvalue weighted by atomic mass is 10.3. The van der Waals surface area contributed by atoms with E-state index in [2.05, 4.69) is 21.2 Å². The van der Waals surface area contributed by atoms with E-state index in [1.165, 1.54) is 0 Å². The SMILES string of the molecule is NCCCNC(=O)Oc1cccc(Br)c1. The number of carbonyl (C=O) groups excluding carboxylic acids is 1. The molecule has 15 heavy (non-hydrogen) atoms. The van der Waals surface area contributed by atoms with Crippen LogP contribution in [0, 0.1) is 0 Å². The molecule has 0 aliphatic rings. The van der Waals surface area contributed by atoms with Crippen molar-refractivity contribution in [3.63, 3.8) is 0 Å². The predicted octanol–water partition coefficient (Wildman–Crippen LogP) is 1.89. The number of halogens is 1. The average molecular weight is 273 g/mol. The number of ether oxygens (including phenoxy) is 1. The molecule has 0 aliphatic heterocycles. The third kappa shape index (κ3) is 4.80. The predicted molar refractivity (Wildman–Crippen MR) is 61.8 cm³/mol. The summed E-state index contributed by atoms with van der Waals surface area (Å²) in [6.45, 7) is 1.08. The van der Waals surface area contributed by atoms with Gasteiger partial charge < -0.3 is 15.8 Å². The van der Waals surface area contributed by atoms with Crippen LogP contribution in [0.2, 0.25) is 0 Å². The highest BCUT2D eigenvalue weighted by atomic mass is 79.9. The average Bonchev–Trinajstić information content (AvgIpc) is 2.18. The first kappa shape index (κ1) is 12.0. The van der Waals surface area contributed by atoms with Gasteiger partial charge in [0.2, 0.25) is 0 Å². The number of hydrogen-bond acceptors (Lipinski definition) is 3. The van der Waals surface area contributed by atoms with E-state index in [9.17, 15) is 4.79 Å². The minimum Gasteiger partial charge on any atom is -0.410 e. The Balaban J connectivity index is 2.37. The zero-order valence-electron chi connectivity index (χ0n) is 8.20. The molecule has 1 aromatic rings. The highest BCUT2D eigenvalue weighted by molar-refractivity contribution is 9.10. The van der Waals surface area contributed by atoms with Gasteiger partial charge in [0.25, 0.3) is 0 Å². The molecule has 0 spiro atoms. The van der Waals surface area contributed by atoms with E-state index >= 15 is 0 Å². The van der Waals surface area contributed by atoms with Crippen LogP contribution in [-0.4, -0.2) is 19.2 Å². The maximum atomic E-state index is 11.2. The van der Waals surface area contributed by atoms with E-state index < -0.39 is 6.09 Å². The summed E-state index contributed by atoms with van der Waals surface area (Å²) in [5, 5.41) is 2.60. The normalized spacial score (nSPS) is 9.73. The van der Waals surface area contributed by atoms with Crippen molar-refractivity contribution in [2.24, 2.45) is 5.73 Å². The van der Waals surface area contributed by atoms with Crippen LogP contribution < -0.4 is 15.8 Å². The lowest BCUT2D eigenvalue weighted by molar-refractivity contribution is 0.200. The number of amides is 1. The van der Waals surface area contributed by atoms with Crippen molar-refractivity contribution in [2.75, 3.05) is 13.1 Å². The molecule has 0 saturated carbocycles. The van der Waals surface area contributed by atoms with Crippen molar-refractivity contribution in [2.45, 2.75) is 6.42 Å². The minimum absolute atomic E-state index is 0.457. The van der Waals surface area contributed by atoms with Gasteiger partial charge in [-0.1, -0.05) is 22.0 Å². The van der Waals surface area contributed by atoms with Crippen LogP contribution in [0.3, 0.4) is 0 Å². The van der Waals surface area contributed by atoms with Crippen LogP contribution in [0.1, 0.15) is 6.42 Å². The molecule has 1 rings (SSSR count). The fraction of sp³-hybridized carbons (Fsp3) is 0.300. The Bertz CT molecular complexity index is 331. The first-order chi connectivity index (χ1) is 7.22. The number of carbonyl (C=O) groups is 1. The molecule has 0 saturated heterocycles. The van der Waals surface area contributed by atoms with Crippen molar-refractivity contribution >= 4 is 22.0 Å². The van der Waals surface area contributed by atoms with Crippen LogP contribution in [0.4, 0.5) is 4.79 Å². The second-order valence-electron chi connectivity index (χ2n) is 2.92. The van der Waals surface area contributed by atoms with Crippen LogP contribution in [0.5, 0.6) is 5.75 Å². The van der Waals surface area contributed by atoms with Crippen molar-refractivity contribution < 1.29 is 9.53 Å². The summed E-state index contributed by atoms with van der Waals surface area (Å²) in [6.07, 6.45) is 0.287. The smallest absolute Gasteiger partial charge is 0.410 e. The fourth-order valence-electron chi connectivity index (χ4n) is 0.966. The molecular weight excluding hydrogens is 260 g/mol.